The molecule has 0 atom stereocenters. The lowest BCUT2D eigenvalue weighted by atomic mass is 10.0. The highest BCUT2D eigenvalue weighted by atomic mass is 16.3. The second-order valence-electron chi connectivity index (χ2n) is 4.62. The van der Waals surface area contributed by atoms with E-state index in [1.54, 1.807) is 0 Å². The van der Waals surface area contributed by atoms with Gasteiger partial charge in [0.15, 0.2) is 0 Å². The smallest absolute Gasteiger partial charge is 0.134 e. The standard InChI is InChI=1S/C18H16O/c1-2-3-4-5-9-15-13-19-17-12-11-14-8-6-7-10-16(14)18(15)17/h2-4,6-8,10-13H,1,5,9H2. The number of furan rings is 1. The van der Waals surface area contributed by atoms with Gasteiger partial charge in [0, 0.05) is 5.39 Å². The molecule has 0 bridgehead atoms. The van der Waals surface area contributed by atoms with E-state index >= 15 is 0 Å². The molecule has 0 spiro atoms. The molecular weight excluding hydrogens is 232 g/mol. The lowest BCUT2D eigenvalue weighted by Gasteiger charge is -2.01. The minimum absolute atomic E-state index is 0.974. The van der Waals surface area contributed by atoms with Crippen LogP contribution >= 0.6 is 0 Å². The first kappa shape index (κ1) is 11.8. The summed E-state index contributed by atoms with van der Waals surface area (Å²) < 4.78 is 5.67. The Bertz CT molecular complexity index is 747. The number of hydrogen-bond acceptors (Lipinski definition) is 1. The Labute approximate surface area is 112 Å². The summed E-state index contributed by atoms with van der Waals surface area (Å²) in [6.45, 7) is 3.68. The van der Waals surface area contributed by atoms with E-state index in [4.69, 9.17) is 4.42 Å². The summed E-state index contributed by atoms with van der Waals surface area (Å²) in [4.78, 5) is 0. The van der Waals surface area contributed by atoms with Gasteiger partial charge in [-0.1, -0.05) is 55.1 Å². The van der Waals surface area contributed by atoms with Crippen LogP contribution in [0.15, 0.2) is 71.9 Å². The predicted octanol–water partition coefficient (Wildman–Crippen LogP) is 5.26. The van der Waals surface area contributed by atoms with Crippen LogP contribution < -0.4 is 0 Å². The molecule has 0 saturated heterocycles. The Balaban J connectivity index is 2.07. The van der Waals surface area contributed by atoms with Crippen LogP contribution in [0, 0.1) is 0 Å². The molecule has 0 amide bonds. The van der Waals surface area contributed by atoms with Gasteiger partial charge in [0.1, 0.15) is 5.58 Å². The first-order chi connectivity index (χ1) is 9.40. The molecule has 0 N–H and O–H groups in total. The van der Waals surface area contributed by atoms with Gasteiger partial charge < -0.3 is 4.42 Å². The maximum absolute atomic E-state index is 5.67. The first-order valence-electron chi connectivity index (χ1n) is 6.55. The molecule has 0 aliphatic rings. The number of allylic oxidation sites excluding steroid dienone is 3. The average Bonchev–Trinajstić information content (AvgIpc) is 2.87. The van der Waals surface area contributed by atoms with Crippen molar-refractivity contribution < 1.29 is 4.42 Å². The topological polar surface area (TPSA) is 13.1 Å². The molecule has 3 rings (SSSR count). The van der Waals surface area contributed by atoms with Crippen LogP contribution in [0.2, 0.25) is 0 Å². The van der Waals surface area contributed by atoms with E-state index in [9.17, 15) is 0 Å². The van der Waals surface area contributed by atoms with Gasteiger partial charge in [-0.05, 0) is 35.2 Å². The van der Waals surface area contributed by atoms with Gasteiger partial charge in [0.2, 0.25) is 0 Å². The van der Waals surface area contributed by atoms with Crippen molar-refractivity contribution in [1.82, 2.24) is 0 Å². The highest BCUT2D eigenvalue weighted by Crippen LogP contribution is 2.30. The van der Waals surface area contributed by atoms with Crippen molar-refractivity contribution in [2.45, 2.75) is 12.8 Å². The van der Waals surface area contributed by atoms with Gasteiger partial charge in [-0.2, -0.15) is 0 Å². The minimum atomic E-state index is 0.974. The molecule has 0 aliphatic heterocycles. The maximum Gasteiger partial charge on any atom is 0.134 e. The van der Waals surface area contributed by atoms with Crippen LogP contribution in [-0.4, -0.2) is 0 Å². The SMILES string of the molecule is C=CC=CCCc1coc2ccc3ccccc3c12. The molecule has 0 radical (unpaired) electrons. The van der Waals surface area contributed by atoms with Gasteiger partial charge in [0.05, 0.1) is 6.26 Å². The monoisotopic (exact) mass is 248 g/mol. The van der Waals surface area contributed by atoms with E-state index in [1.165, 1.54) is 21.7 Å². The number of aryl methyl sites for hydroxylation is 1. The van der Waals surface area contributed by atoms with Crippen LogP contribution in [0.5, 0.6) is 0 Å². The van der Waals surface area contributed by atoms with Gasteiger partial charge in [-0.3, -0.25) is 0 Å². The van der Waals surface area contributed by atoms with E-state index in [2.05, 4.69) is 49.1 Å². The molecule has 0 aliphatic carbocycles. The molecule has 19 heavy (non-hydrogen) atoms. The number of rotatable bonds is 4. The fraction of sp³-hybridized carbons (Fsp3) is 0.111. The normalized spacial score (nSPS) is 11.6. The van der Waals surface area contributed by atoms with Crippen LogP contribution in [0.4, 0.5) is 0 Å². The van der Waals surface area contributed by atoms with Crippen molar-refractivity contribution in [2.24, 2.45) is 0 Å². The molecule has 1 nitrogen and oxygen atoms in total. The fourth-order valence-corrected chi connectivity index (χ4v) is 2.49. The third-order valence-electron chi connectivity index (χ3n) is 3.39. The second kappa shape index (κ2) is 5.15. The maximum atomic E-state index is 5.67. The number of benzene rings is 2. The summed E-state index contributed by atoms with van der Waals surface area (Å²) in [5.41, 5.74) is 2.25. The molecule has 0 fully saturated rings. The first-order valence-corrected chi connectivity index (χ1v) is 6.55. The summed E-state index contributed by atoms with van der Waals surface area (Å²) in [5, 5.41) is 3.79. The average molecular weight is 248 g/mol. The number of hydrogen-bond donors (Lipinski definition) is 0. The van der Waals surface area contributed by atoms with Crippen molar-refractivity contribution in [2.75, 3.05) is 0 Å². The summed E-state index contributed by atoms with van der Waals surface area (Å²) >= 11 is 0. The molecule has 2 aromatic carbocycles. The highest BCUT2D eigenvalue weighted by Gasteiger charge is 2.08. The Hall–Kier alpha value is -2.28. The Kier molecular flexibility index (Phi) is 3.20. The van der Waals surface area contributed by atoms with E-state index in [1.807, 2.05) is 18.4 Å². The zero-order valence-corrected chi connectivity index (χ0v) is 10.8. The van der Waals surface area contributed by atoms with E-state index in [-0.39, 0.29) is 0 Å². The molecule has 1 heteroatoms. The van der Waals surface area contributed by atoms with Crippen molar-refractivity contribution in [3.05, 3.63) is 73.0 Å². The largest absolute Gasteiger partial charge is 0.464 e. The Morgan fingerprint density at radius 3 is 2.89 bits per heavy atom. The summed E-state index contributed by atoms with van der Waals surface area (Å²) in [6.07, 6.45) is 9.81. The van der Waals surface area contributed by atoms with Crippen molar-refractivity contribution in [3.8, 4) is 0 Å². The van der Waals surface area contributed by atoms with Crippen molar-refractivity contribution >= 4 is 21.7 Å². The van der Waals surface area contributed by atoms with Gasteiger partial charge >= 0.3 is 0 Å². The molecule has 3 aromatic rings. The Morgan fingerprint density at radius 1 is 1.11 bits per heavy atom. The van der Waals surface area contributed by atoms with E-state index in [0.29, 0.717) is 0 Å². The lowest BCUT2D eigenvalue weighted by molar-refractivity contribution is 0.610. The van der Waals surface area contributed by atoms with Crippen molar-refractivity contribution in [1.29, 1.82) is 0 Å². The molecule has 94 valence electrons. The molecule has 0 unspecified atom stereocenters. The Morgan fingerprint density at radius 2 is 2.00 bits per heavy atom. The van der Waals surface area contributed by atoms with Gasteiger partial charge in [-0.15, -0.1) is 0 Å². The zero-order chi connectivity index (χ0) is 13.1. The summed E-state index contributed by atoms with van der Waals surface area (Å²) in [6, 6.07) is 12.6. The number of fused-ring (bicyclic) bond motifs is 3. The minimum Gasteiger partial charge on any atom is -0.464 e. The quantitative estimate of drug-likeness (QED) is 0.574. The van der Waals surface area contributed by atoms with E-state index < -0.39 is 0 Å². The van der Waals surface area contributed by atoms with Gasteiger partial charge in [0.25, 0.3) is 0 Å². The van der Waals surface area contributed by atoms with Crippen molar-refractivity contribution in [3.63, 3.8) is 0 Å². The second-order valence-corrected chi connectivity index (χ2v) is 4.62. The van der Waals surface area contributed by atoms with Gasteiger partial charge in [-0.25, -0.2) is 0 Å². The van der Waals surface area contributed by atoms with Crippen LogP contribution in [0.25, 0.3) is 21.7 Å². The third-order valence-corrected chi connectivity index (χ3v) is 3.39. The molecule has 1 aromatic heterocycles. The molecule has 0 saturated carbocycles. The fourth-order valence-electron chi connectivity index (χ4n) is 2.49. The molecule has 1 heterocycles. The van der Waals surface area contributed by atoms with E-state index in [0.717, 1.165) is 18.4 Å². The summed E-state index contributed by atoms with van der Waals surface area (Å²) in [7, 11) is 0. The highest BCUT2D eigenvalue weighted by molar-refractivity contribution is 6.07. The zero-order valence-electron chi connectivity index (χ0n) is 10.8. The van der Waals surface area contributed by atoms with Crippen LogP contribution in [0.3, 0.4) is 0 Å². The lowest BCUT2D eigenvalue weighted by Crippen LogP contribution is -1.82. The van der Waals surface area contributed by atoms with Crippen LogP contribution in [-0.2, 0) is 6.42 Å². The summed E-state index contributed by atoms with van der Waals surface area (Å²) in [5.74, 6) is 0. The predicted molar refractivity (Wildman–Crippen MR) is 81.4 cm³/mol. The van der Waals surface area contributed by atoms with Crippen LogP contribution in [0.1, 0.15) is 12.0 Å². The molecular formula is C18H16O. The third kappa shape index (κ3) is 2.19.